The van der Waals surface area contributed by atoms with Gasteiger partial charge in [-0.05, 0) is 11.6 Å². The Morgan fingerprint density at radius 2 is 1.78 bits per heavy atom. The molecule has 118 valence electrons. The van der Waals surface area contributed by atoms with Crippen LogP contribution in [0, 0.1) is 10.1 Å². The average molecular weight is 332 g/mol. The molecule has 0 saturated heterocycles. The first kappa shape index (κ1) is 15.0. The van der Waals surface area contributed by atoms with Crippen LogP contribution in [0.4, 0.5) is 11.6 Å². The van der Waals surface area contributed by atoms with Gasteiger partial charge < -0.3 is 4.42 Å². The quantitative estimate of drug-likeness (QED) is 0.583. The zero-order valence-electron chi connectivity index (χ0n) is 12.0. The van der Waals surface area contributed by atoms with Crippen molar-refractivity contribution in [3.05, 3.63) is 58.6 Å². The molecule has 8 heteroatoms. The molecule has 0 bridgehead atoms. The van der Waals surface area contributed by atoms with Gasteiger partial charge in [-0.2, -0.15) is 0 Å². The van der Waals surface area contributed by atoms with Crippen molar-refractivity contribution in [2.45, 2.75) is 0 Å². The minimum Gasteiger partial charge on any atom is -0.398 e. The second-order valence-corrected chi connectivity index (χ2v) is 6.71. The Morgan fingerprint density at radius 3 is 2.39 bits per heavy atom. The number of furan rings is 1. The molecule has 0 amide bonds. The molecule has 0 saturated carbocycles. The van der Waals surface area contributed by atoms with E-state index in [1.165, 1.54) is 6.07 Å². The van der Waals surface area contributed by atoms with E-state index in [1.54, 1.807) is 42.5 Å². The molecule has 1 heterocycles. The fraction of sp³-hybridized carbons (Fsp3) is 0.0667. The van der Waals surface area contributed by atoms with Gasteiger partial charge in [-0.25, -0.2) is 8.42 Å². The number of sulfonamides is 1. The van der Waals surface area contributed by atoms with Crippen molar-refractivity contribution in [2.75, 3.05) is 11.0 Å². The van der Waals surface area contributed by atoms with Crippen LogP contribution in [0.15, 0.2) is 52.9 Å². The summed E-state index contributed by atoms with van der Waals surface area (Å²) in [6.45, 7) is 0. The number of hydrogen-bond donors (Lipinski definition) is 1. The molecule has 3 aromatic rings. The third-order valence-electron chi connectivity index (χ3n) is 3.22. The summed E-state index contributed by atoms with van der Waals surface area (Å²) in [6, 6.07) is 13.5. The van der Waals surface area contributed by atoms with E-state index < -0.39 is 20.8 Å². The summed E-state index contributed by atoms with van der Waals surface area (Å²) in [5.74, 6) is -0.422. The SMILES string of the molecule is CS(=O)(=O)Nc1cccc2c(-c3ccccc3)c([N+](=O)[O-])oc12. The third kappa shape index (κ3) is 2.88. The van der Waals surface area contributed by atoms with E-state index in [0.717, 1.165) is 6.26 Å². The maximum Gasteiger partial charge on any atom is 0.442 e. The molecule has 0 atom stereocenters. The summed E-state index contributed by atoms with van der Waals surface area (Å²) >= 11 is 0. The van der Waals surface area contributed by atoms with Gasteiger partial charge in [-0.15, -0.1) is 0 Å². The lowest BCUT2D eigenvalue weighted by Gasteiger charge is -2.03. The van der Waals surface area contributed by atoms with Gasteiger partial charge in [-0.1, -0.05) is 42.5 Å². The fourth-order valence-electron chi connectivity index (χ4n) is 2.40. The molecule has 0 aliphatic heterocycles. The van der Waals surface area contributed by atoms with Gasteiger partial charge >= 0.3 is 5.88 Å². The number of rotatable bonds is 4. The topological polar surface area (TPSA) is 102 Å². The Kier molecular flexibility index (Phi) is 3.53. The number of nitro groups is 1. The Hall–Kier alpha value is -2.87. The molecule has 1 aromatic heterocycles. The predicted molar refractivity (Wildman–Crippen MR) is 86.8 cm³/mol. The van der Waals surface area contributed by atoms with Crippen LogP contribution in [0.25, 0.3) is 22.1 Å². The zero-order chi connectivity index (χ0) is 16.6. The van der Waals surface area contributed by atoms with Crippen LogP contribution in [0.3, 0.4) is 0 Å². The molecule has 0 aliphatic rings. The zero-order valence-corrected chi connectivity index (χ0v) is 12.8. The minimum absolute atomic E-state index is 0.128. The monoisotopic (exact) mass is 332 g/mol. The van der Waals surface area contributed by atoms with Gasteiger partial charge in [-0.3, -0.25) is 14.8 Å². The van der Waals surface area contributed by atoms with Gasteiger partial charge in [0.2, 0.25) is 10.0 Å². The molecule has 0 fully saturated rings. The van der Waals surface area contributed by atoms with Crippen molar-refractivity contribution in [2.24, 2.45) is 0 Å². The van der Waals surface area contributed by atoms with Crippen LogP contribution in [-0.2, 0) is 10.0 Å². The van der Waals surface area contributed by atoms with E-state index in [0.29, 0.717) is 16.5 Å². The number of fused-ring (bicyclic) bond motifs is 1. The molecular formula is C15H12N2O5S. The molecule has 0 aliphatic carbocycles. The van der Waals surface area contributed by atoms with E-state index in [4.69, 9.17) is 4.42 Å². The highest BCUT2D eigenvalue weighted by molar-refractivity contribution is 7.92. The summed E-state index contributed by atoms with van der Waals surface area (Å²) < 4.78 is 30.6. The molecule has 2 aromatic carbocycles. The van der Waals surface area contributed by atoms with E-state index >= 15 is 0 Å². The number of benzene rings is 2. The second-order valence-electron chi connectivity index (χ2n) is 4.96. The highest BCUT2D eigenvalue weighted by Gasteiger charge is 2.26. The maximum atomic E-state index is 11.5. The van der Waals surface area contributed by atoms with Crippen molar-refractivity contribution in [3.63, 3.8) is 0 Å². The Balaban J connectivity index is 2.33. The lowest BCUT2D eigenvalue weighted by molar-refractivity contribution is -0.400. The largest absolute Gasteiger partial charge is 0.442 e. The molecule has 3 rings (SSSR count). The molecule has 1 N–H and O–H groups in total. The molecular weight excluding hydrogens is 320 g/mol. The lowest BCUT2D eigenvalue weighted by atomic mass is 10.0. The summed E-state index contributed by atoms with van der Waals surface area (Å²) in [6.07, 6.45) is 1.00. The van der Waals surface area contributed by atoms with Crippen molar-refractivity contribution >= 4 is 32.6 Å². The van der Waals surface area contributed by atoms with E-state index in [-0.39, 0.29) is 11.3 Å². The number of para-hydroxylation sites is 1. The minimum atomic E-state index is -3.54. The van der Waals surface area contributed by atoms with E-state index in [1.807, 2.05) is 0 Å². The van der Waals surface area contributed by atoms with Crippen LogP contribution in [0.5, 0.6) is 0 Å². The van der Waals surface area contributed by atoms with Crippen molar-refractivity contribution in [1.82, 2.24) is 0 Å². The van der Waals surface area contributed by atoms with Crippen LogP contribution in [0.1, 0.15) is 0 Å². The number of anilines is 1. The average Bonchev–Trinajstić information content (AvgIpc) is 2.87. The van der Waals surface area contributed by atoms with Crippen molar-refractivity contribution < 1.29 is 17.8 Å². The van der Waals surface area contributed by atoms with E-state index in [2.05, 4.69) is 4.72 Å². The highest BCUT2D eigenvalue weighted by atomic mass is 32.2. The molecule has 7 nitrogen and oxygen atoms in total. The molecule has 23 heavy (non-hydrogen) atoms. The predicted octanol–water partition coefficient (Wildman–Crippen LogP) is 3.38. The van der Waals surface area contributed by atoms with Crippen molar-refractivity contribution in [3.8, 4) is 11.1 Å². The van der Waals surface area contributed by atoms with Gasteiger partial charge in [0.25, 0.3) is 0 Å². The Morgan fingerprint density at radius 1 is 1.09 bits per heavy atom. The summed E-state index contributed by atoms with van der Waals surface area (Å²) in [5, 5.41) is 11.8. The summed E-state index contributed by atoms with van der Waals surface area (Å²) in [4.78, 5) is 10.7. The van der Waals surface area contributed by atoms with E-state index in [9.17, 15) is 18.5 Å². The first-order valence-corrected chi connectivity index (χ1v) is 8.49. The van der Waals surface area contributed by atoms with Crippen molar-refractivity contribution in [1.29, 1.82) is 0 Å². The first-order chi connectivity index (χ1) is 10.9. The maximum absolute atomic E-state index is 11.5. The number of nitrogens with zero attached hydrogens (tertiary/aromatic N) is 1. The smallest absolute Gasteiger partial charge is 0.398 e. The fourth-order valence-corrected chi connectivity index (χ4v) is 2.96. The van der Waals surface area contributed by atoms with Crippen LogP contribution < -0.4 is 4.72 Å². The number of hydrogen-bond acceptors (Lipinski definition) is 5. The second kappa shape index (κ2) is 5.40. The van der Waals surface area contributed by atoms with Gasteiger partial charge in [0, 0.05) is 5.39 Å². The van der Waals surface area contributed by atoms with Gasteiger partial charge in [0.15, 0.2) is 5.58 Å². The van der Waals surface area contributed by atoms with Crippen LogP contribution >= 0.6 is 0 Å². The van der Waals surface area contributed by atoms with Crippen LogP contribution in [0.2, 0.25) is 0 Å². The highest BCUT2D eigenvalue weighted by Crippen LogP contribution is 2.42. The standard InChI is InChI=1S/C15H12N2O5S/c1-23(20,21)16-12-9-5-8-11-13(10-6-3-2-4-7-10)15(17(18)19)22-14(11)12/h2-9,16H,1H3. The lowest BCUT2D eigenvalue weighted by Crippen LogP contribution is -2.09. The molecule has 0 radical (unpaired) electrons. The Bertz CT molecular complexity index is 993. The third-order valence-corrected chi connectivity index (χ3v) is 3.81. The normalized spacial score (nSPS) is 11.5. The Labute approximate surface area is 131 Å². The molecule has 0 spiro atoms. The van der Waals surface area contributed by atoms with Crippen LogP contribution in [-0.4, -0.2) is 19.6 Å². The van der Waals surface area contributed by atoms with Gasteiger partial charge in [0.05, 0.1) is 11.9 Å². The number of nitrogens with one attached hydrogen (secondary N) is 1. The summed E-state index contributed by atoms with van der Waals surface area (Å²) in [5.41, 5.74) is 1.23. The summed E-state index contributed by atoms with van der Waals surface area (Å²) in [7, 11) is -3.54. The first-order valence-electron chi connectivity index (χ1n) is 6.60. The van der Waals surface area contributed by atoms with Gasteiger partial charge in [0.1, 0.15) is 10.5 Å². The molecule has 0 unspecified atom stereocenters.